The van der Waals surface area contributed by atoms with E-state index in [2.05, 4.69) is 44.1 Å². The third-order valence-electron chi connectivity index (χ3n) is 6.39. The normalized spacial score (nSPS) is 17.6. The van der Waals surface area contributed by atoms with Crippen LogP contribution in [0.15, 0.2) is 57.6 Å². The largest absolute Gasteiger partial charge is 0.489 e. The van der Waals surface area contributed by atoms with Gasteiger partial charge in [0.2, 0.25) is 5.95 Å². The average Bonchev–Trinajstić information content (AvgIpc) is 3.46. The molecule has 184 valence electrons. The Morgan fingerprint density at radius 3 is 2.67 bits per heavy atom. The number of likely N-dealkylation sites (N-methyl/N-ethyl adjacent to an activating group) is 1. The van der Waals surface area contributed by atoms with Crippen LogP contribution in [0.1, 0.15) is 45.2 Å². The number of rotatable bonds is 5. The highest BCUT2D eigenvalue weighted by Crippen LogP contribution is 2.23. The molecule has 0 spiro atoms. The number of nitrogens with one attached hydrogen (secondary N) is 1. The van der Waals surface area contributed by atoms with E-state index in [9.17, 15) is 4.79 Å². The standard InChI is InChI=1S/C28H30N6O2/c1-18(2)34-26-21(15-20(27(34)35)5-10-25-19(3)11-13-29-25)16-30-28(32-26)31-22-6-8-23(9-7-22)36-24-12-14-33(4)17-24/h6-9,13,15-16,18,24H,11-12,14,17H2,1-4H3,(H,30,31,32). The van der Waals surface area contributed by atoms with Gasteiger partial charge < -0.3 is 15.0 Å². The van der Waals surface area contributed by atoms with Crippen molar-refractivity contribution in [2.45, 2.75) is 45.8 Å². The molecule has 0 aliphatic carbocycles. The van der Waals surface area contributed by atoms with E-state index in [1.165, 1.54) is 0 Å². The summed E-state index contributed by atoms with van der Waals surface area (Å²) in [7, 11) is 2.11. The van der Waals surface area contributed by atoms with Gasteiger partial charge in [-0.05, 0) is 76.1 Å². The molecule has 1 fully saturated rings. The molecule has 36 heavy (non-hydrogen) atoms. The fourth-order valence-corrected chi connectivity index (χ4v) is 4.42. The first-order chi connectivity index (χ1) is 17.4. The van der Waals surface area contributed by atoms with Crippen molar-refractivity contribution in [2.75, 3.05) is 25.5 Å². The first-order valence-corrected chi connectivity index (χ1v) is 12.3. The molecule has 1 aromatic carbocycles. The smallest absolute Gasteiger partial charge is 0.268 e. The number of pyridine rings is 1. The van der Waals surface area contributed by atoms with Gasteiger partial charge in [0.25, 0.3) is 5.56 Å². The molecule has 2 aliphatic heterocycles. The predicted octanol–water partition coefficient (Wildman–Crippen LogP) is 4.30. The second-order valence-electron chi connectivity index (χ2n) is 9.63. The molecule has 8 heteroatoms. The van der Waals surface area contributed by atoms with E-state index < -0.39 is 0 Å². The molecule has 1 atom stereocenters. The summed E-state index contributed by atoms with van der Waals surface area (Å²) in [6.07, 6.45) is 5.63. The summed E-state index contributed by atoms with van der Waals surface area (Å²) in [6, 6.07) is 9.44. The van der Waals surface area contributed by atoms with Crippen LogP contribution in [0.3, 0.4) is 0 Å². The number of aliphatic imine (C=N–C) groups is 1. The molecule has 0 radical (unpaired) electrons. The molecule has 1 N–H and O–H groups in total. The lowest BCUT2D eigenvalue weighted by molar-refractivity contribution is 0.208. The van der Waals surface area contributed by atoms with Crippen molar-refractivity contribution >= 4 is 28.9 Å². The van der Waals surface area contributed by atoms with Gasteiger partial charge in [0.15, 0.2) is 0 Å². The molecule has 5 rings (SSSR count). The van der Waals surface area contributed by atoms with E-state index in [0.29, 0.717) is 17.2 Å². The summed E-state index contributed by atoms with van der Waals surface area (Å²) >= 11 is 0. The number of allylic oxidation sites excluding steroid dienone is 2. The number of hydrogen-bond donors (Lipinski definition) is 1. The van der Waals surface area contributed by atoms with Crippen molar-refractivity contribution in [1.82, 2.24) is 19.4 Å². The summed E-state index contributed by atoms with van der Waals surface area (Å²) in [6.45, 7) is 7.93. The summed E-state index contributed by atoms with van der Waals surface area (Å²) in [5, 5.41) is 3.99. The molecule has 2 aromatic heterocycles. The molecule has 1 saturated heterocycles. The number of aromatic nitrogens is 3. The Bertz CT molecular complexity index is 1470. The lowest BCUT2D eigenvalue weighted by Gasteiger charge is -2.15. The first-order valence-electron chi connectivity index (χ1n) is 12.3. The quantitative estimate of drug-likeness (QED) is 0.546. The van der Waals surface area contributed by atoms with E-state index in [1.54, 1.807) is 16.8 Å². The van der Waals surface area contributed by atoms with Crippen LogP contribution in [0, 0.1) is 11.8 Å². The van der Waals surface area contributed by atoms with E-state index in [4.69, 9.17) is 4.74 Å². The summed E-state index contributed by atoms with van der Waals surface area (Å²) < 4.78 is 7.74. The Labute approximate surface area is 210 Å². The van der Waals surface area contributed by atoms with Gasteiger partial charge in [0.05, 0.1) is 5.56 Å². The van der Waals surface area contributed by atoms with E-state index in [1.807, 2.05) is 51.3 Å². The maximum atomic E-state index is 13.3. The van der Waals surface area contributed by atoms with Crippen LogP contribution in [0.5, 0.6) is 5.75 Å². The third-order valence-corrected chi connectivity index (χ3v) is 6.39. The number of anilines is 2. The molecular weight excluding hydrogens is 452 g/mol. The van der Waals surface area contributed by atoms with E-state index in [0.717, 1.165) is 54.0 Å². The molecule has 4 heterocycles. The van der Waals surface area contributed by atoms with Crippen molar-refractivity contribution in [3.8, 4) is 17.6 Å². The van der Waals surface area contributed by atoms with Crippen LogP contribution in [-0.2, 0) is 0 Å². The van der Waals surface area contributed by atoms with Gasteiger partial charge in [-0.25, -0.2) is 4.98 Å². The minimum absolute atomic E-state index is 0.0963. The molecule has 0 amide bonds. The van der Waals surface area contributed by atoms with Gasteiger partial charge in [-0.2, -0.15) is 4.98 Å². The number of nitrogens with zero attached hydrogens (tertiary/aromatic N) is 5. The second-order valence-corrected chi connectivity index (χ2v) is 9.63. The zero-order valence-electron chi connectivity index (χ0n) is 21.1. The minimum atomic E-state index is -0.172. The molecule has 0 bridgehead atoms. The Balaban J connectivity index is 1.40. The van der Waals surface area contributed by atoms with E-state index in [-0.39, 0.29) is 17.7 Å². The SMILES string of the molecule is CC1=C(C#Cc2cc3cnc(Nc4ccc(OC5CCN(C)C5)cc4)nc3n(C(C)C)c2=O)N=CC1. The fraction of sp³-hybridized carbons (Fsp3) is 0.357. The average molecular weight is 483 g/mol. The van der Waals surface area contributed by atoms with Gasteiger partial charge >= 0.3 is 0 Å². The lowest BCUT2D eigenvalue weighted by atomic mass is 10.2. The Hall–Kier alpha value is -3.96. The zero-order chi connectivity index (χ0) is 25.2. The van der Waals surface area contributed by atoms with Crippen LogP contribution in [0.2, 0.25) is 0 Å². The maximum absolute atomic E-state index is 13.3. The molecule has 8 nitrogen and oxygen atoms in total. The topological polar surface area (TPSA) is 84.6 Å². The van der Waals surface area contributed by atoms with Crippen LogP contribution in [-0.4, -0.2) is 51.9 Å². The van der Waals surface area contributed by atoms with Crippen molar-refractivity contribution in [2.24, 2.45) is 4.99 Å². The Kier molecular flexibility index (Phi) is 6.57. The molecule has 3 aromatic rings. The Morgan fingerprint density at radius 2 is 2.00 bits per heavy atom. The van der Waals surface area contributed by atoms with Gasteiger partial charge in [-0.1, -0.05) is 5.92 Å². The predicted molar refractivity (Wildman–Crippen MR) is 143 cm³/mol. The van der Waals surface area contributed by atoms with Crippen LogP contribution >= 0.6 is 0 Å². The molecular formula is C28H30N6O2. The van der Waals surface area contributed by atoms with Crippen LogP contribution < -0.4 is 15.6 Å². The number of hydrogen-bond acceptors (Lipinski definition) is 7. The van der Waals surface area contributed by atoms with Crippen LogP contribution in [0.4, 0.5) is 11.6 Å². The Morgan fingerprint density at radius 1 is 1.19 bits per heavy atom. The number of benzene rings is 1. The van der Waals surface area contributed by atoms with Gasteiger partial charge in [0.1, 0.15) is 23.2 Å². The monoisotopic (exact) mass is 482 g/mol. The van der Waals surface area contributed by atoms with E-state index >= 15 is 0 Å². The highest BCUT2D eigenvalue weighted by Gasteiger charge is 2.20. The molecule has 1 unspecified atom stereocenters. The lowest BCUT2D eigenvalue weighted by Crippen LogP contribution is -2.25. The first kappa shape index (κ1) is 23.8. The van der Waals surface area contributed by atoms with Crippen molar-refractivity contribution < 1.29 is 4.74 Å². The van der Waals surface area contributed by atoms with Gasteiger partial charge in [-0.3, -0.25) is 14.4 Å². The molecule has 2 aliphatic rings. The molecule has 0 saturated carbocycles. The summed E-state index contributed by atoms with van der Waals surface area (Å²) in [5.41, 5.74) is 3.48. The van der Waals surface area contributed by atoms with Crippen molar-refractivity contribution in [3.63, 3.8) is 0 Å². The number of fused-ring (bicyclic) bond motifs is 1. The second kappa shape index (κ2) is 9.96. The zero-order valence-corrected chi connectivity index (χ0v) is 21.1. The highest BCUT2D eigenvalue weighted by molar-refractivity contribution is 5.78. The maximum Gasteiger partial charge on any atom is 0.268 e. The summed E-state index contributed by atoms with van der Waals surface area (Å²) in [4.78, 5) is 29.0. The third kappa shape index (κ3) is 5.02. The summed E-state index contributed by atoms with van der Waals surface area (Å²) in [5.74, 6) is 7.33. The van der Waals surface area contributed by atoms with Crippen LogP contribution in [0.25, 0.3) is 11.0 Å². The minimum Gasteiger partial charge on any atom is -0.489 e. The van der Waals surface area contributed by atoms with Gasteiger partial charge in [-0.15, -0.1) is 0 Å². The van der Waals surface area contributed by atoms with Gasteiger partial charge in [0, 0.05) is 49.0 Å². The number of likely N-dealkylation sites (tertiary alicyclic amines) is 1. The fourth-order valence-electron chi connectivity index (χ4n) is 4.42. The van der Waals surface area contributed by atoms with Crippen molar-refractivity contribution in [1.29, 1.82) is 0 Å². The number of ether oxygens (including phenoxy) is 1. The highest BCUT2D eigenvalue weighted by atomic mass is 16.5. The van der Waals surface area contributed by atoms with Crippen molar-refractivity contribution in [3.05, 3.63) is 63.7 Å².